The molecule has 202 valence electrons. The van der Waals surface area contributed by atoms with Gasteiger partial charge in [0.1, 0.15) is 11.2 Å². The van der Waals surface area contributed by atoms with Crippen LogP contribution in [0, 0.1) is 22.7 Å². The molecule has 0 fully saturated rings. The van der Waals surface area contributed by atoms with Gasteiger partial charge < -0.3 is 9.32 Å². The van der Waals surface area contributed by atoms with Gasteiger partial charge in [-0.25, -0.2) is 0 Å². The molecule has 0 saturated carbocycles. The second-order valence-electron chi connectivity index (χ2n) is 10.4. The third kappa shape index (κ3) is 4.99. The molecular weight excluding hydrogens is 526 g/mol. The van der Waals surface area contributed by atoms with Gasteiger partial charge in [-0.1, -0.05) is 72.8 Å². The highest BCUT2D eigenvalue weighted by Gasteiger charge is 2.16. The lowest BCUT2D eigenvalue weighted by Crippen LogP contribution is -2.09. The molecule has 0 spiro atoms. The highest BCUT2D eigenvalue weighted by atomic mass is 16.3. The van der Waals surface area contributed by atoms with Crippen molar-refractivity contribution in [1.29, 1.82) is 10.5 Å². The topological polar surface area (TPSA) is 64.0 Å². The van der Waals surface area contributed by atoms with E-state index in [9.17, 15) is 5.26 Å². The number of para-hydroxylation sites is 1. The fourth-order valence-electron chi connectivity index (χ4n) is 5.57. The van der Waals surface area contributed by atoms with Crippen molar-refractivity contribution in [3.05, 3.63) is 156 Å². The molecule has 0 unspecified atom stereocenters. The van der Waals surface area contributed by atoms with Crippen molar-refractivity contribution in [1.82, 2.24) is 0 Å². The minimum atomic E-state index is 0.647. The summed E-state index contributed by atoms with van der Waals surface area (Å²) in [6, 6.07) is 43.5. The van der Waals surface area contributed by atoms with Crippen LogP contribution < -0.4 is 4.90 Å². The minimum absolute atomic E-state index is 0.647. The maximum atomic E-state index is 9.28. The average Bonchev–Trinajstić information content (AvgIpc) is 3.26. The molecule has 0 radical (unpaired) electrons. The van der Waals surface area contributed by atoms with Gasteiger partial charge in [-0.15, -0.1) is 0 Å². The largest absolute Gasteiger partial charge is 0.456 e. The van der Waals surface area contributed by atoms with E-state index in [1.165, 1.54) is 0 Å². The Morgan fingerprint density at radius 3 is 1.88 bits per heavy atom. The summed E-state index contributed by atoms with van der Waals surface area (Å²) in [5, 5.41) is 20.6. The second-order valence-corrected chi connectivity index (χ2v) is 10.4. The molecule has 0 atom stereocenters. The number of fused-ring (bicyclic) bond motifs is 3. The van der Waals surface area contributed by atoms with Crippen LogP contribution in [0.2, 0.25) is 0 Å². The summed E-state index contributed by atoms with van der Waals surface area (Å²) in [5.41, 5.74) is 10.5. The number of anilines is 3. The molecule has 0 aliphatic heterocycles. The van der Waals surface area contributed by atoms with Crippen LogP contribution in [-0.4, -0.2) is 0 Å². The highest BCUT2D eigenvalue weighted by molar-refractivity contribution is 6.06. The van der Waals surface area contributed by atoms with E-state index >= 15 is 0 Å². The summed E-state index contributed by atoms with van der Waals surface area (Å²) in [4.78, 5) is 2.25. The smallest absolute Gasteiger partial charge is 0.135 e. The Hall–Kier alpha value is -6.10. The van der Waals surface area contributed by atoms with Gasteiger partial charge in [-0.05, 0) is 95.4 Å². The van der Waals surface area contributed by atoms with Crippen LogP contribution in [0.1, 0.15) is 17.5 Å². The van der Waals surface area contributed by atoms with Crippen LogP contribution in [0.3, 0.4) is 0 Å². The molecule has 0 saturated heterocycles. The fraction of sp³-hybridized carbons (Fsp3) is 0.0256. The molecule has 5 aromatic carbocycles. The molecule has 4 nitrogen and oxygen atoms in total. The molecular formula is C39H25N3O. The number of hydrogen-bond acceptors (Lipinski definition) is 4. The van der Waals surface area contributed by atoms with Gasteiger partial charge >= 0.3 is 0 Å². The van der Waals surface area contributed by atoms with Gasteiger partial charge in [0.15, 0.2) is 0 Å². The SMILES string of the molecule is N#CC1=CCC=C(c2ccc(N(c3ccc(-c4ccc(C#N)cc4)cc3)c3ccc4oc5ccccc5c4c3)cc2)C=C1. The molecule has 43 heavy (non-hydrogen) atoms. The molecule has 0 bridgehead atoms. The van der Waals surface area contributed by atoms with Gasteiger partial charge in [-0.2, -0.15) is 10.5 Å². The maximum absolute atomic E-state index is 9.28. The van der Waals surface area contributed by atoms with Crippen molar-refractivity contribution < 1.29 is 4.42 Å². The normalized spacial score (nSPS) is 12.7. The molecule has 1 aliphatic rings. The summed E-state index contributed by atoms with van der Waals surface area (Å²) >= 11 is 0. The second kappa shape index (κ2) is 11.1. The number of rotatable bonds is 5. The molecule has 6 aromatic rings. The number of benzene rings is 5. The van der Waals surface area contributed by atoms with Crippen molar-refractivity contribution in [3.8, 4) is 23.3 Å². The van der Waals surface area contributed by atoms with Crippen molar-refractivity contribution in [3.63, 3.8) is 0 Å². The van der Waals surface area contributed by atoms with Gasteiger partial charge in [0.05, 0.1) is 17.7 Å². The summed E-state index contributed by atoms with van der Waals surface area (Å²) in [5.74, 6) is 0. The summed E-state index contributed by atoms with van der Waals surface area (Å²) in [6.45, 7) is 0. The molecule has 1 aliphatic carbocycles. The Morgan fingerprint density at radius 2 is 1.19 bits per heavy atom. The minimum Gasteiger partial charge on any atom is -0.456 e. The zero-order valence-electron chi connectivity index (χ0n) is 23.2. The third-order valence-corrected chi connectivity index (χ3v) is 7.80. The predicted octanol–water partition coefficient (Wildman–Crippen LogP) is 10.4. The van der Waals surface area contributed by atoms with Crippen LogP contribution in [0.4, 0.5) is 17.1 Å². The van der Waals surface area contributed by atoms with E-state index in [4.69, 9.17) is 9.68 Å². The van der Waals surface area contributed by atoms with Crippen LogP contribution in [0.25, 0.3) is 38.6 Å². The number of furan rings is 1. The predicted molar refractivity (Wildman–Crippen MR) is 174 cm³/mol. The van der Waals surface area contributed by atoms with E-state index in [1.807, 2.05) is 66.8 Å². The molecule has 4 heteroatoms. The van der Waals surface area contributed by atoms with Gasteiger partial charge in [0.25, 0.3) is 0 Å². The number of hydrogen-bond donors (Lipinski definition) is 0. The van der Waals surface area contributed by atoms with Crippen molar-refractivity contribution >= 4 is 44.6 Å². The van der Waals surface area contributed by atoms with E-state index < -0.39 is 0 Å². The lowest BCUT2D eigenvalue weighted by Gasteiger charge is -2.26. The van der Waals surface area contributed by atoms with E-state index in [2.05, 4.69) is 89.8 Å². The Bertz CT molecular complexity index is 2150. The number of nitrogens with zero attached hydrogens (tertiary/aromatic N) is 3. The fourth-order valence-corrected chi connectivity index (χ4v) is 5.57. The Morgan fingerprint density at radius 1 is 0.558 bits per heavy atom. The first-order valence-corrected chi connectivity index (χ1v) is 14.1. The molecule has 0 amide bonds. The van der Waals surface area contributed by atoms with Crippen LogP contribution in [0.5, 0.6) is 0 Å². The van der Waals surface area contributed by atoms with Crippen molar-refractivity contribution in [2.24, 2.45) is 0 Å². The first-order chi connectivity index (χ1) is 21.2. The van der Waals surface area contributed by atoms with E-state index in [1.54, 1.807) is 0 Å². The molecule has 1 aromatic heterocycles. The Kier molecular flexibility index (Phi) is 6.64. The first kappa shape index (κ1) is 25.8. The average molecular weight is 552 g/mol. The molecule has 1 heterocycles. The van der Waals surface area contributed by atoms with E-state index in [0.717, 1.165) is 67.7 Å². The standard InChI is InChI=1S/C39H25N3O/c40-25-27-4-3-5-29(11-8-27)31-14-18-33(19-15-31)42(34-20-16-32(17-21-34)30-12-9-28(26-41)10-13-30)35-22-23-39-37(24-35)36-6-1-2-7-38(36)43-39/h1-2,4-24H,3H2. The Labute approximate surface area is 250 Å². The monoisotopic (exact) mass is 551 g/mol. The van der Waals surface area contributed by atoms with Gasteiger partial charge in [0, 0.05) is 33.4 Å². The maximum Gasteiger partial charge on any atom is 0.135 e. The van der Waals surface area contributed by atoms with Gasteiger partial charge in [0.2, 0.25) is 0 Å². The van der Waals surface area contributed by atoms with Crippen molar-refractivity contribution in [2.45, 2.75) is 6.42 Å². The molecule has 0 N–H and O–H groups in total. The first-order valence-electron chi connectivity index (χ1n) is 14.1. The zero-order chi connectivity index (χ0) is 29.2. The summed E-state index contributed by atoms with van der Waals surface area (Å²) < 4.78 is 6.11. The summed E-state index contributed by atoms with van der Waals surface area (Å²) in [6.07, 6.45) is 8.70. The van der Waals surface area contributed by atoms with Crippen LogP contribution >= 0.6 is 0 Å². The van der Waals surface area contributed by atoms with Crippen molar-refractivity contribution in [2.75, 3.05) is 4.90 Å². The van der Waals surface area contributed by atoms with Gasteiger partial charge in [-0.3, -0.25) is 0 Å². The van der Waals surface area contributed by atoms with Crippen LogP contribution in [-0.2, 0) is 0 Å². The quantitative estimate of drug-likeness (QED) is 0.214. The number of nitriles is 2. The summed E-state index contributed by atoms with van der Waals surface area (Å²) in [7, 11) is 0. The van der Waals surface area contributed by atoms with Crippen LogP contribution in [0.15, 0.2) is 150 Å². The lowest BCUT2D eigenvalue weighted by atomic mass is 10.0. The Balaban J connectivity index is 1.30. The lowest BCUT2D eigenvalue weighted by molar-refractivity contribution is 0.669. The highest BCUT2D eigenvalue weighted by Crippen LogP contribution is 2.39. The van der Waals surface area contributed by atoms with E-state index in [-0.39, 0.29) is 0 Å². The third-order valence-electron chi connectivity index (χ3n) is 7.80. The molecule has 7 rings (SSSR count). The number of allylic oxidation sites excluding steroid dienone is 6. The van der Waals surface area contributed by atoms with E-state index in [0.29, 0.717) is 11.1 Å². The zero-order valence-corrected chi connectivity index (χ0v) is 23.2.